The fraction of sp³-hybridized carbons (Fsp3) is 0.500. The molecule has 0 aromatic heterocycles. The van der Waals surface area contributed by atoms with Gasteiger partial charge in [0.25, 0.3) is 0 Å². The Morgan fingerprint density at radius 3 is 3.11 bits per heavy atom. The van der Waals surface area contributed by atoms with Crippen LogP contribution in [0.3, 0.4) is 0 Å². The van der Waals surface area contributed by atoms with Crippen molar-refractivity contribution in [2.45, 2.75) is 25.0 Å². The van der Waals surface area contributed by atoms with Crippen LogP contribution in [0, 0.1) is 0 Å². The Bertz CT molecular complexity index is 440. The molecule has 0 bridgehead atoms. The van der Waals surface area contributed by atoms with E-state index in [-0.39, 0.29) is 18.1 Å². The summed E-state index contributed by atoms with van der Waals surface area (Å²) in [4.78, 5) is 12.2. The largest absolute Gasteiger partial charge is 0.458 e. The fourth-order valence-corrected chi connectivity index (χ4v) is 2.55. The van der Waals surface area contributed by atoms with Crippen molar-refractivity contribution in [1.82, 2.24) is 5.32 Å². The fourth-order valence-electron chi connectivity index (χ4n) is 2.55. The highest BCUT2D eigenvalue weighted by atomic mass is 16.6. The summed E-state index contributed by atoms with van der Waals surface area (Å²) in [6.07, 6.45) is 1.69. The Kier molecular flexibility index (Phi) is 3.30. The molecule has 0 saturated carbocycles. The summed E-state index contributed by atoms with van der Waals surface area (Å²) < 4.78 is 10.7. The minimum absolute atomic E-state index is 0.0756. The Morgan fingerprint density at radius 2 is 2.28 bits per heavy atom. The smallest absolute Gasteiger partial charge is 0.328 e. The minimum atomic E-state index is -0.324. The number of hydrogen-bond donors (Lipinski definition) is 1. The molecule has 18 heavy (non-hydrogen) atoms. The van der Waals surface area contributed by atoms with Crippen LogP contribution in [0.4, 0.5) is 0 Å². The third kappa shape index (κ3) is 2.26. The van der Waals surface area contributed by atoms with E-state index >= 15 is 0 Å². The van der Waals surface area contributed by atoms with Gasteiger partial charge in [0.05, 0.1) is 13.2 Å². The van der Waals surface area contributed by atoms with Gasteiger partial charge in [-0.2, -0.15) is 0 Å². The standard InChI is InChI=1S/C14H17NO3/c16-14(18-11-6-8-17-9-11)13-12-4-2-1-3-10(12)5-7-15-13/h1-4,11,13,15H,5-9H2. The molecule has 3 rings (SSSR count). The molecule has 96 valence electrons. The minimum Gasteiger partial charge on any atom is -0.458 e. The van der Waals surface area contributed by atoms with Crippen LogP contribution in [0.25, 0.3) is 0 Å². The third-order valence-corrected chi connectivity index (χ3v) is 3.52. The molecule has 2 aliphatic heterocycles. The normalized spacial score (nSPS) is 26.7. The molecule has 2 unspecified atom stereocenters. The van der Waals surface area contributed by atoms with Gasteiger partial charge in [0.2, 0.25) is 0 Å². The molecule has 0 spiro atoms. The maximum atomic E-state index is 12.2. The summed E-state index contributed by atoms with van der Waals surface area (Å²) >= 11 is 0. The zero-order valence-corrected chi connectivity index (χ0v) is 10.2. The van der Waals surface area contributed by atoms with Crippen LogP contribution in [-0.2, 0) is 20.7 Å². The number of carbonyl (C=O) groups is 1. The van der Waals surface area contributed by atoms with Crippen molar-refractivity contribution >= 4 is 5.97 Å². The van der Waals surface area contributed by atoms with E-state index in [1.165, 1.54) is 5.56 Å². The summed E-state index contributed by atoms with van der Waals surface area (Å²) in [5, 5.41) is 3.23. The van der Waals surface area contributed by atoms with Gasteiger partial charge in [-0.1, -0.05) is 24.3 Å². The van der Waals surface area contributed by atoms with E-state index in [1.54, 1.807) is 0 Å². The summed E-state index contributed by atoms with van der Waals surface area (Å²) in [6.45, 7) is 2.03. The molecule has 0 aliphatic carbocycles. The second-order valence-corrected chi connectivity index (χ2v) is 4.76. The maximum Gasteiger partial charge on any atom is 0.328 e. The lowest BCUT2D eigenvalue weighted by Gasteiger charge is -2.26. The number of hydrogen-bond acceptors (Lipinski definition) is 4. The van der Waals surface area contributed by atoms with E-state index in [4.69, 9.17) is 9.47 Å². The zero-order valence-electron chi connectivity index (χ0n) is 10.2. The van der Waals surface area contributed by atoms with Gasteiger partial charge in [-0.05, 0) is 17.5 Å². The van der Waals surface area contributed by atoms with Crippen molar-refractivity contribution in [2.75, 3.05) is 19.8 Å². The molecule has 1 aromatic carbocycles. The van der Waals surface area contributed by atoms with E-state index in [2.05, 4.69) is 11.4 Å². The van der Waals surface area contributed by atoms with Gasteiger partial charge in [-0.3, -0.25) is 0 Å². The number of benzene rings is 1. The lowest BCUT2D eigenvalue weighted by Crippen LogP contribution is -2.37. The Hall–Kier alpha value is -1.39. The first-order valence-corrected chi connectivity index (χ1v) is 6.44. The first kappa shape index (κ1) is 11.7. The molecule has 1 fully saturated rings. The van der Waals surface area contributed by atoms with Crippen molar-refractivity contribution < 1.29 is 14.3 Å². The van der Waals surface area contributed by atoms with Gasteiger partial charge in [-0.25, -0.2) is 4.79 Å². The first-order chi connectivity index (χ1) is 8.84. The average Bonchev–Trinajstić information content (AvgIpc) is 2.91. The molecule has 4 heteroatoms. The highest BCUT2D eigenvalue weighted by Gasteiger charge is 2.30. The van der Waals surface area contributed by atoms with Crippen molar-refractivity contribution in [2.24, 2.45) is 0 Å². The molecule has 2 heterocycles. The molecule has 1 aromatic rings. The SMILES string of the molecule is O=C(OC1CCOC1)C1NCCc2ccccc21. The van der Waals surface area contributed by atoms with Gasteiger partial charge in [0.1, 0.15) is 12.1 Å². The topological polar surface area (TPSA) is 47.6 Å². The number of carbonyl (C=O) groups excluding carboxylic acids is 1. The van der Waals surface area contributed by atoms with Crippen molar-refractivity contribution in [3.8, 4) is 0 Å². The predicted molar refractivity (Wildman–Crippen MR) is 66.2 cm³/mol. The molecule has 0 amide bonds. The summed E-state index contributed by atoms with van der Waals surface area (Å²) in [7, 11) is 0. The van der Waals surface area contributed by atoms with Gasteiger partial charge in [0.15, 0.2) is 0 Å². The monoisotopic (exact) mass is 247 g/mol. The third-order valence-electron chi connectivity index (χ3n) is 3.52. The number of rotatable bonds is 2. The zero-order chi connectivity index (χ0) is 12.4. The van der Waals surface area contributed by atoms with E-state index < -0.39 is 0 Å². The van der Waals surface area contributed by atoms with Crippen LogP contribution in [0.5, 0.6) is 0 Å². The Balaban J connectivity index is 1.74. The first-order valence-electron chi connectivity index (χ1n) is 6.44. The van der Waals surface area contributed by atoms with E-state index in [9.17, 15) is 4.79 Å². The molecule has 2 aliphatic rings. The van der Waals surface area contributed by atoms with Crippen molar-refractivity contribution in [3.05, 3.63) is 35.4 Å². The summed E-state index contributed by atoms with van der Waals surface area (Å²) in [5.41, 5.74) is 2.29. The van der Waals surface area contributed by atoms with Crippen LogP contribution in [-0.4, -0.2) is 31.8 Å². The van der Waals surface area contributed by atoms with Crippen LogP contribution in [0.1, 0.15) is 23.6 Å². The van der Waals surface area contributed by atoms with Gasteiger partial charge in [0, 0.05) is 13.0 Å². The summed E-state index contributed by atoms with van der Waals surface area (Å²) in [6, 6.07) is 7.73. The molecular weight excluding hydrogens is 230 g/mol. The van der Waals surface area contributed by atoms with E-state index in [0.717, 1.165) is 24.9 Å². The molecule has 0 radical (unpaired) electrons. The molecule has 4 nitrogen and oxygen atoms in total. The van der Waals surface area contributed by atoms with Gasteiger partial charge < -0.3 is 14.8 Å². The van der Waals surface area contributed by atoms with Crippen molar-refractivity contribution in [3.63, 3.8) is 0 Å². The maximum absolute atomic E-state index is 12.2. The number of nitrogens with one attached hydrogen (secondary N) is 1. The number of fused-ring (bicyclic) bond motifs is 1. The van der Waals surface area contributed by atoms with Crippen LogP contribution >= 0.6 is 0 Å². The quantitative estimate of drug-likeness (QED) is 0.798. The summed E-state index contributed by atoms with van der Waals surface area (Å²) in [5.74, 6) is -0.183. The second-order valence-electron chi connectivity index (χ2n) is 4.76. The van der Waals surface area contributed by atoms with Crippen LogP contribution in [0.2, 0.25) is 0 Å². The highest BCUT2D eigenvalue weighted by Crippen LogP contribution is 2.24. The van der Waals surface area contributed by atoms with Gasteiger partial charge >= 0.3 is 5.97 Å². The molecule has 1 saturated heterocycles. The van der Waals surface area contributed by atoms with Crippen LogP contribution in [0.15, 0.2) is 24.3 Å². The number of ether oxygens (including phenoxy) is 2. The van der Waals surface area contributed by atoms with E-state index in [1.807, 2.05) is 18.2 Å². The predicted octanol–water partition coefficient (Wildman–Crippen LogP) is 1.21. The molecular formula is C14H17NO3. The lowest BCUT2D eigenvalue weighted by molar-refractivity contribution is -0.152. The molecule has 2 atom stereocenters. The van der Waals surface area contributed by atoms with Gasteiger partial charge in [-0.15, -0.1) is 0 Å². The highest BCUT2D eigenvalue weighted by molar-refractivity contribution is 5.78. The molecule has 1 N–H and O–H groups in total. The Labute approximate surface area is 106 Å². The Morgan fingerprint density at radius 1 is 1.39 bits per heavy atom. The van der Waals surface area contributed by atoms with Crippen molar-refractivity contribution in [1.29, 1.82) is 0 Å². The second kappa shape index (κ2) is 5.08. The van der Waals surface area contributed by atoms with Crippen LogP contribution < -0.4 is 5.32 Å². The van der Waals surface area contributed by atoms with E-state index in [0.29, 0.717) is 13.2 Å². The average molecular weight is 247 g/mol. The lowest BCUT2D eigenvalue weighted by atomic mass is 9.94. The number of esters is 1.